The van der Waals surface area contributed by atoms with Gasteiger partial charge in [0.2, 0.25) is 10.0 Å². The molecule has 1 amide bonds. The molecule has 2 heterocycles. The number of nitrogens with zero attached hydrogens (tertiary/aromatic N) is 2. The van der Waals surface area contributed by atoms with E-state index in [0.29, 0.717) is 30.8 Å². The predicted octanol–water partition coefficient (Wildman–Crippen LogP) is -0.272. The van der Waals surface area contributed by atoms with Crippen molar-refractivity contribution in [3.63, 3.8) is 0 Å². The van der Waals surface area contributed by atoms with E-state index in [0.717, 1.165) is 12.7 Å². The molecule has 0 saturated carbocycles. The molecule has 1 atom stereocenters. The highest BCUT2D eigenvalue weighted by atomic mass is 32.2. The fourth-order valence-corrected chi connectivity index (χ4v) is 2.64. The number of likely N-dealkylation sites (tertiary alicyclic amines) is 1. The summed E-state index contributed by atoms with van der Waals surface area (Å²) in [4.78, 5) is 18.0. The van der Waals surface area contributed by atoms with Crippen LogP contribution >= 0.6 is 0 Å². The number of β-amino-alcohol motifs (C(OH)–C–C–N with tert-alkyl or cyclic N) is 1. The zero-order chi connectivity index (χ0) is 15.5. The van der Waals surface area contributed by atoms with Gasteiger partial charge in [-0.25, -0.2) is 13.1 Å². The minimum absolute atomic E-state index is 0.0442. The second kappa shape index (κ2) is 6.50. The van der Waals surface area contributed by atoms with Crippen molar-refractivity contribution in [1.29, 1.82) is 0 Å². The number of hydrogen-bond donors (Lipinski definition) is 2. The SMILES string of the molecule is CS(=O)(=O)NCc1cc(C(=O)N2CCCC(O)C2)ccn1. The number of rotatable bonds is 4. The van der Waals surface area contributed by atoms with Gasteiger partial charge in [-0.15, -0.1) is 0 Å². The van der Waals surface area contributed by atoms with E-state index in [2.05, 4.69) is 9.71 Å². The number of amides is 1. The summed E-state index contributed by atoms with van der Waals surface area (Å²) >= 11 is 0. The number of aromatic nitrogens is 1. The topological polar surface area (TPSA) is 99.6 Å². The third-order valence-electron chi connectivity index (χ3n) is 3.26. The molecule has 1 saturated heterocycles. The number of piperidine rings is 1. The first kappa shape index (κ1) is 15.9. The van der Waals surface area contributed by atoms with Crippen LogP contribution in [-0.4, -0.2) is 54.8 Å². The Hall–Kier alpha value is -1.51. The number of pyridine rings is 1. The van der Waals surface area contributed by atoms with Crippen LogP contribution in [0.5, 0.6) is 0 Å². The number of sulfonamides is 1. The van der Waals surface area contributed by atoms with Crippen LogP contribution < -0.4 is 4.72 Å². The molecule has 1 aromatic rings. The van der Waals surface area contributed by atoms with Crippen molar-refractivity contribution in [2.75, 3.05) is 19.3 Å². The number of nitrogens with one attached hydrogen (secondary N) is 1. The van der Waals surface area contributed by atoms with Gasteiger partial charge in [-0.05, 0) is 25.0 Å². The molecule has 2 rings (SSSR count). The molecule has 0 spiro atoms. The number of hydrogen-bond acceptors (Lipinski definition) is 5. The summed E-state index contributed by atoms with van der Waals surface area (Å²) in [7, 11) is -3.30. The molecule has 8 heteroatoms. The van der Waals surface area contributed by atoms with E-state index in [9.17, 15) is 18.3 Å². The third kappa shape index (κ3) is 4.76. The van der Waals surface area contributed by atoms with Crippen molar-refractivity contribution in [3.8, 4) is 0 Å². The van der Waals surface area contributed by atoms with Crippen molar-refractivity contribution in [2.24, 2.45) is 0 Å². The van der Waals surface area contributed by atoms with Gasteiger partial charge in [0.1, 0.15) is 0 Å². The normalized spacial score (nSPS) is 19.5. The standard InChI is InChI=1S/C13H19N3O4S/c1-21(19,20)15-8-11-7-10(4-5-14-11)13(18)16-6-2-3-12(17)9-16/h4-5,7,12,15,17H,2-3,6,8-9H2,1H3. The summed E-state index contributed by atoms with van der Waals surface area (Å²) in [5.41, 5.74) is 0.924. The van der Waals surface area contributed by atoms with E-state index in [4.69, 9.17) is 0 Å². The molecule has 1 aliphatic rings. The first-order chi connectivity index (χ1) is 9.85. The zero-order valence-corrected chi connectivity index (χ0v) is 12.6. The number of aliphatic hydroxyl groups is 1. The van der Waals surface area contributed by atoms with Gasteiger partial charge in [0.25, 0.3) is 5.91 Å². The average Bonchev–Trinajstić information content (AvgIpc) is 2.44. The van der Waals surface area contributed by atoms with Gasteiger partial charge in [0, 0.05) is 24.8 Å². The molecular weight excluding hydrogens is 294 g/mol. The van der Waals surface area contributed by atoms with E-state index < -0.39 is 16.1 Å². The second-order valence-electron chi connectivity index (χ2n) is 5.18. The van der Waals surface area contributed by atoms with Gasteiger partial charge in [0.05, 0.1) is 24.6 Å². The molecule has 1 unspecified atom stereocenters. The lowest BCUT2D eigenvalue weighted by Gasteiger charge is -2.30. The first-order valence-corrected chi connectivity index (χ1v) is 8.61. The van der Waals surface area contributed by atoms with Gasteiger partial charge in [0.15, 0.2) is 0 Å². The van der Waals surface area contributed by atoms with Gasteiger partial charge < -0.3 is 10.0 Å². The molecule has 21 heavy (non-hydrogen) atoms. The fourth-order valence-electron chi connectivity index (χ4n) is 2.23. The largest absolute Gasteiger partial charge is 0.391 e. The van der Waals surface area contributed by atoms with Crippen LogP contribution in [0.15, 0.2) is 18.3 Å². The highest BCUT2D eigenvalue weighted by molar-refractivity contribution is 7.88. The minimum atomic E-state index is -3.30. The summed E-state index contributed by atoms with van der Waals surface area (Å²) in [5, 5.41) is 9.62. The average molecular weight is 313 g/mol. The lowest BCUT2D eigenvalue weighted by molar-refractivity contribution is 0.0473. The van der Waals surface area contributed by atoms with Crippen molar-refractivity contribution in [1.82, 2.24) is 14.6 Å². The first-order valence-electron chi connectivity index (χ1n) is 6.72. The molecule has 1 aromatic heterocycles. The summed E-state index contributed by atoms with van der Waals surface area (Å²) in [5.74, 6) is -0.170. The lowest BCUT2D eigenvalue weighted by atomic mass is 10.1. The Labute approximate surface area is 124 Å². The summed E-state index contributed by atoms with van der Waals surface area (Å²) in [6, 6.07) is 3.16. The van der Waals surface area contributed by atoms with Crippen LogP contribution in [0.4, 0.5) is 0 Å². The quantitative estimate of drug-likeness (QED) is 0.797. The number of carbonyl (C=O) groups is 1. The van der Waals surface area contributed by atoms with Gasteiger partial charge in [-0.3, -0.25) is 9.78 Å². The second-order valence-corrected chi connectivity index (χ2v) is 7.01. The maximum Gasteiger partial charge on any atom is 0.254 e. The third-order valence-corrected chi connectivity index (χ3v) is 3.93. The summed E-state index contributed by atoms with van der Waals surface area (Å²) in [6.45, 7) is 0.996. The van der Waals surface area contributed by atoms with Crippen LogP contribution in [0.3, 0.4) is 0 Å². The Balaban J connectivity index is 2.07. The van der Waals surface area contributed by atoms with Crippen molar-refractivity contribution < 1.29 is 18.3 Å². The van der Waals surface area contributed by atoms with E-state index in [-0.39, 0.29) is 12.5 Å². The van der Waals surface area contributed by atoms with Gasteiger partial charge in [-0.2, -0.15) is 0 Å². The van der Waals surface area contributed by atoms with E-state index in [1.165, 1.54) is 6.20 Å². The highest BCUT2D eigenvalue weighted by Gasteiger charge is 2.23. The minimum Gasteiger partial charge on any atom is -0.391 e. The summed E-state index contributed by atoms with van der Waals surface area (Å²) < 4.78 is 24.5. The molecule has 1 fully saturated rings. The molecule has 0 aromatic carbocycles. The Bertz CT molecular complexity index is 618. The Morgan fingerprint density at radius 2 is 2.33 bits per heavy atom. The van der Waals surface area contributed by atoms with E-state index >= 15 is 0 Å². The molecule has 2 N–H and O–H groups in total. The Kier molecular flexibility index (Phi) is 4.92. The molecule has 116 valence electrons. The van der Waals surface area contributed by atoms with Gasteiger partial charge in [-0.1, -0.05) is 0 Å². The van der Waals surface area contributed by atoms with Crippen LogP contribution in [0, 0.1) is 0 Å². The smallest absolute Gasteiger partial charge is 0.254 e. The summed E-state index contributed by atoms with van der Waals surface area (Å²) in [6.07, 6.45) is 3.56. The van der Waals surface area contributed by atoms with Crippen LogP contribution in [-0.2, 0) is 16.6 Å². The molecular formula is C13H19N3O4S. The number of aliphatic hydroxyl groups excluding tert-OH is 1. The fraction of sp³-hybridized carbons (Fsp3) is 0.538. The molecule has 1 aliphatic heterocycles. The lowest BCUT2D eigenvalue weighted by Crippen LogP contribution is -2.42. The van der Waals surface area contributed by atoms with Gasteiger partial charge >= 0.3 is 0 Å². The van der Waals surface area contributed by atoms with Crippen LogP contribution in [0.2, 0.25) is 0 Å². The molecule has 0 aliphatic carbocycles. The van der Waals surface area contributed by atoms with Crippen molar-refractivity contribution in [2.45, 2.75) is 25.5 Å². The highest BCUT2D eigenvalue weighted by Crippen LogP contribution is 2.14. The van der Waals surface area contributed by atoms with Crippen molar-refractivity contribution in [3.05, 3.63) is 29.6 Å². The molecule has 7 nitrogen and oxygen atoms in total. The van der Waals surface area contributed by atoms with Crippen LogP contribution in [0.25, 0.3) is 0 Å². The van der Waals surface area contributed by atoms with E-state index in [1.54, 1.807) is 17.0 Å². The zero-order valence-electron chi connectivity index (χ0n) is 11.8. The predicted molar refractivity (Wildman–Crippen MR) is 77.1 cm³/mol. The number of carbonyl (C=O) groups excluding carboxylic acids is 1. The molecule has 0 bridgehead atoms. The monoisotopic (exact) mass is 313 g/mol. The maximum absolute atomic E-state index is 12.3. The Morgan fingerprint density at radius 1 is 1.57 bits per heavy atom. The van der Waals surface area contributed by atoms with Crippen LogP contribution in [0.1, 0.15) is 28.9 Å². The maximum atomic E-state index is 12.3. The van der Waals surface area contributed by atoms with Crippen molar-refractivity contribution >= 4 is 15.9 Å². The Morgan fingerprint density at radius 3 is 3.00 bits per heavy atom. The van der Waals surface area contributed by atoms with E-state index in [1.807, 2.05) is 0 Å². The molecule has 0 radical (unpaired) electrons.